The standard InChI is InChI=1S/C24H34N4O3/c1-4-5-6-7-28-18-14-27(2)26-20(18)21(31-3)19(23(28)30)22(29)25-24-11-15-8-16(12-24)10-17(9-15)13-24/h14-17H,4-13H2,1-3H3,(H,25,29). The van der Waals surface area contributed by atoms with E-state index in [0.717, 1.165) is 61.8 Å². The van der Waals surface area contributed by atoms with Gasteiger partial charge >= 0.3 is 0 Å². The highest BCUT2D eigenvalue weighted by Crippen LogP contribution is 2.55. The molecule has 0 aliphatic heterocycles. The number of ether oxygens (including phenoxy) is 1. The molecule has 0 atom stereocenters. The molecule has 0 spiro atoms. The van der Waals surface area contributed by atoms with E-state index in [1.54, 1.807) is 9.25 Å². The van der Waals surface area contributed by atoms with Crippen LogP contribution in [0.2, 0.25) is 0 Å². The number of aryl methyl sites for hydroxylation is 2. The molecule has 2 aromatic heterocycles. The third kappa shape index (κ3) is 3.46. The maximum absolute atomic E-state index is 13.6. The molecule has 168 valence electrons. The maximum Gasteiger partial charge on any atom is 0.267 e. The highest BCUT2D eigenvalue weighted by atomic mass is 16.5. The van der Waals surface area contributed by atoms with Gasteiger partial charge in [0.05, 0.1) is 12.6 Å². The smallest absolute Gasteiger partial charge is 0.267 e. The Bertz CT molecular complexity index is 1030. The van der Waals surface area contributed by atoms with Crippen molar-refractivity contribution in [1.29, 1.82) is 0 Å². The molecule has 4 saturated carbocycles. The van der Waals surface area contributed by atoms with Crippen molar-refractivity contribution in [2.45, 2.75) is 76.8 Å². The largest absolute Gasteiger partial charge is 0.493 e. The van der Waals surface area contributed by atoms with Gasteiger partial charge in [0.15, 0.2) is 11.3 Å². The average Bonchev–Trinajstić information content (AvgIpc) is 3.08. The summed E-state index contributed by atoms with van der Waals surface area (Å²) in [6.45, 7) is 2.72. The summed E-state index contributed by atoms with van der Waals surface area (Å²) < 4.78 is 9.03. The van der Waals surface area contributed by atoms with E-state index in [2.05, 4.69) is 17.3 Å². The van der Waals surface area contributed by atoms with Crippen LogP contribution < -0.4 is 15.6 Å². The lowest BCUT2D eigenvalue weighted by atomic mass is 9.53. The van der Waals surface area contributed by atoms with Gasteiger partial charge in [0, 0.05) is 25.3 Å². The number of fused-ring (bicyclic) bond motifs is 1. The molecule has 2 heterocycles. The second kappa shape index (κ2) is 7.68. The van der Waals surface area contributed by atoms with Crippen molar-refractivity contribution < 1.29 is 9.53 Å². The molecule has 4 bridgehead atoms. The summed E-state index contributed by atoms with van der Waals surface area (Å²) >= 11 is 0. The first kappa shape index (κ1) is 20.6. The van der Waals surface area contributed by atoms with Crippen molar-refractivity contribution in [3.63, 3.8) is 0 Å². The fourth-order valence-electron chi connectivity index (χ4n) is 7.00. The first-order chi connectivity index (χ1) is 14.9. The number of nitrogens with one attached hydrogen (secondary N) is 1. The lowest BCUT2D eigenvalue weighted by molar-refractivity contribution is -0.0167. The summed E-state index contributed by atoms with van der Waals surface area (Å²) in [5, 5.41) is 7.89. The quantitative estimate of drug-likeness (QED) is 0.686. The predicted octanol–water partition coefficient (Wildman–Crippen LogP) is 3.63. The van der Waals surface area contributed by atoms with Gasteiger partial charge in [0.1, 0.15) is 5.56 Å². The van der Waals surface area contributed by atoms with E-state index in [-0.39, 0.29) is 22.6 Å². The molecule has 1 amide bonds. The molecule has 4 aliphatic carbocycles. The van der Waals surface area contributed by atoms with E-state index in [1.807, 2.05) is 13.2 Å². The van der Waals surface area contributed by atoms with E-state index in [1.165, 1.54) is 26.4 Å². The van der Waals surface area contributed by atoms with E-state index < -0.39 is 0 Å². The van der Waals surface area contributed by atoms with Crippen molar-refractivity contribution in [2.24, 2.45) is 24.8 Å². The van der Waals surface area contributed by atoms with Crippen LogP contribution in [-0.2, 0) is 13.6 Å². The zero-order valence-corrected chi connectivity index (χ0v) is 18.9. The first-order valence-electron chi connectivity index (χ1n) is 11.9. The zero-order valence-electron chi connectivity index (χ0n) is 18.9. The van der Waals surface area contributed by atoms with E-state index in [9.17, 15) is 9.59 Å². The fourth-order valence-corrected chi connectivity index (χ4v) is 7.00. The van der Waals surface area contributed by atoms with Gasteiger partial charge in [-0.25, -0.2) is 0 Å². The SMILES string of the molecule is CCCCCn1c(=O)c(C(=O)NC23CC4CC(CC(C4)C2)C3)c(OC)c2nn(C)cc21. The third-order valence-electron chi connectivity index (χ3n) is 7.83. The zero-order chi connectivity index (χ0) is 21.8. The lowest BCUT2D eigenvalue weighted by Gasteiger charge is -2.56. The van der Waals surface area contributed by atoms with Gasteiger partial charge in [-0.15, -0.1) is 0 Å². The van der Waals surface area contributed by atoms with Gasteiger partial charge in [-0.1, -0.05) is 19.8 Å². The Kier molecular flexibility index (Phi) is 5.10. The molecule has 31 heavy (non-hydrogen) atoms. The molecular formula is C24H34N4O3. The molecule has 1 N–H and O–H groups in total. The number of unbranched alkanes of at least 4 members (excludes halogenated alkanes) is 2. The molecule has 7 heteroatoms. The monoisotopic (exact) mass is 426 g/mol. The minimum absolute atomic E-state index is 0.112. The molecule has 0 saturated heterocycles. The lowest BCUT2D eigenvalue weighted by Crippen LogP contribution is -2.60. The number of aromatic nitrogens is 3. The summed E-state index contributed by atoms with van der Waals surface area (Å²) in [7, 11) is 3.35. The van der Waals surface area contributed by atoms with Crippen LogP contribution in [0.3, 0.4) is 0 Å². The summed E-state index contributed by atoms with van der Waals surface area (Å²) in [6, 6.07) is 0. The van der Waals surface area contributed by atoms with Crippen molar-refractivity contribution in [3.8, 4) is 5.75 Å². The Morgan fingerprint density at radius 1 is 1.19 bits per heavy atom. The number of nitrogens with zero attached hydrogens (tertiary/aromatic N) is 3. The van der Waals surface area contributed by atoms with Crippen molar-refractivity contribution in [2.75, 3.05) is 7.11 Å². The number of methoxy groups -OCH3 is 1. The highest BCUT2D eigenvalue weighted by molar-refractivity contribution is 6.01. The number of pyridine rings is 1. The van der Waals surface area contributed by atoms with Crippen LogP contribution in [0.1, 0.15) is 75.1 Å². The van der Waals surface area contributed by atoms with Crippen LogP contribution in [0, 0.1) is 17.8 Å². The summed E-state index contributed by atoms with van der Waals surface area (Å²) in [4.78, 5) is 27.2. The Labute approximate surface area is 183 Å². The highest BCUT2D eigenvalue weighted by Gasteiger charge is 2.51. The molecule has 0 aromatic carbocycles. The van der Waals surface area contributed by atoms with Gasteiger partial charge in [0.2, 0.25) is 0 Å². The number of rotatable bonds is 7. The maximum atomic E-state index is 13.6. The number of hydrogen-bond acceptors (Lipinski definition) is 4. The molecular weight excluding hydrogens is 392 g/mol. The fraction of sp³-hybridized carbons (Fsp3) is 0.708. The van der Waals surface area contributed by atoms with Crippen LogP contribution in [0.4, 0.5) is 0 Å². The topological polar surface area (TPSA) is 78.2 Å². The minimum Gasteiger partial charge on any atom is -0.493 e. The van der Waals surface area contributed by atoms with Crippen LogP contribution in [0.15, 0.2) is 11.0 Å². The molecule has 4 aliphatic rings. The second-order valence-corrected chi connectivity index (χ2v) is 10.3. The van der Waals surface area contributed by atoms with Crippen molar-refractivity contribution >= 4 is 16.9 Å². The number of carbonyl (C=O) groups excluding carboxylic acids is 1. The summed E-state index contributed by atoms with van der Waals surface area (Å²) in [5.74, 6) is 2.17. The third-order valence-corrected chi connectivity index (χ3v) is 7.83. The normalized spacial score (nSPS) is 28.9. The average molecular weight is 427 g/mol. The van der Waals surface area contributed by atoms with E-state index in [0.29, 0.717) is 17.8 Å². The van der Waals surface area contributed by atoms with Gasteiger partial charge in [-0.3, -0.25) is 14.3 Å². The Morgan fingerprint density at radius 2 is 1.84 bits per heavy atom. The Balaban J connectivity index is 1.54. The molecule has 2 aromatic rings. The van der Waals surface area contributed by atoms with E-state index >= 15 is 0 Å². The van der Waals surface area contributed by atoms with Gasteiger partial charge < -0.3 is 14.6 Å². The first-order valence-corrected chi connectivity index (χ1v) is 11.9. The number of amides is 1. The second-order valence-electron chi connectivity index (χ2n) is 10.3. The van der Waals surface area contributed by atoms with Crippen LogP contribution in [0.25, 0.3) is 11.0 Å². The van der Waals surface area contributed by atoms with Crippen molar-refractivity contribution in [1.82, 2.24) is 19.7 Å². The number of hydrogen-bond donors (Lipinski definition) is 1. The van der Waals surface area contributed by atoms with Crippen LogP contribution >= 0.6 is 0 Å². The predicted molar refractivity (Wildman–Crippen MR) is 119 cm³/mol. The van der Waals surface area contributed by atoms with Crippen LogP contribution in [-0.4, -0.2) is 32.9 Å². The Morgan fingerprint density at radius 3 is 2.42 bits per heavy atom. The minimum atomic E-state index is -0.291. The molecule has 7 nitrogen and oxygen atoms in total. The van der Waals surface area contributed by atoms with Crippen LogP contribution in [0.5, 0.6) is 5.75 Å². The van der Waals surface area contributed by atoms with Gasteiger partial charge in [0.25, 0.3) is 11.5 Å². The number of carbonyl (C=O) groups is 1. The van der Waals surface area contributed by atoms with E-state index in [4.69, 9.17) is 4.74 Å². The van der Waals surface area contributed by atoms with Crippen molar-refractivity contribution in [3.05, 3.63) is 22.1 Å². The van der Waals surface area contributed by atoms with Gasteiger partial charge in [-0.05, 0) is 62.7 Å². The molecule has 4 fully saturated rings. The Hall–Kier alpha value is -2.31. The molecule has 0 radical (unpaired) electrons. The molecule has 0 unspecified atom stereocenters. The molecule has 6 rings (SSSR count). The summed E-state index contributed by atoms with van der Waals surface area (Å²) in [5.41, 5.74) is 0.996. The summed E-state index contributed by atoms with van der Waals surface area (Å²) in [6.07, 6.45) is 11.9. The van der Waals surface area contributed by atoms with Gasteiger partial charge in [-0.2, -0.15) is 5.10 Å².